The Kier molecular flexibility index (Phi) is 6.50. The summed E-state index contributed by atoms with van der Waals surface area (Å²) in [5.74, 6) is 0.971. The second-order valence-corrected chi connectivity index (χ2v) is 6.50. The predicted molar refractivity (Wildman–Crippen MR) is 81.2 cm³/mol. The Morgan fingerprint density at radius 2 is 1.85 bits per heavy atom. The maximum Gasteiger partial charge on any atom is 0.245 e. The van der Waals surface area contributed by atoms with E-state index in [1.54, 1.807) is 0 Å². The lowest BCUT2D eigenvalue weighted by atomic mass is 9.95. The highest BCUT2D eigenvalue weighted by atomic mass is 16.2. The molecule has 0 radical (unpaired) electrons. The molecule has 1 aliphatic heterocycles. The highest BCUT2D eigenvalue weighted by Crippen LogP contribution is 2.20. The third-order valence-corrected chi connectivity index (χ3v) is 4.05. The summed E-state index contributed by atoms with van der Waals surface area (Å²) < 4.78 is 0. The van der Waals surface area contributed by atoms with Gasteiger partial charge in [-0.3, -0.25) is 9.59 Å². The van der Waals surface area contributed by atoms with Crippen molar-refractivity contribution in [2.45, 2.75) is 72.4 Å². The first-order chi connectivity index (χ1) is 9.40. The maximum absolute atomic E-state index is 12.7. The Labute approximate surface area is 123 Å². The lowest BCUT2D eigenvalue weighted by molar-refractivity contribution is -0.150. The molecule has 0 aliphatic carbocycles. The number of hydrogen-bond donors (Lipinski definition) is 1. The van der Waals surface area contributed by atoms with Crippen LogP contribution in [0, 0.1) is 11.8 Å². The van der Waals surface area contributed by atoms with Gasteiger partial charge in [0.25, 0.3) is 0 Å². The van der Waals surface area contributed by atoms with Crippen LogP contribution in [-0.4, -0.2) is 35.3 Å². The highest BCUT2D eigenvalue weighted by Gasteiger charge is 2.40. The van der Waals surface area contributed by atoms with Crippen LogP contribution >= 0.6 is 0 Å². The van der Waals surface area contributed by atoms with E-state index >= 15 is 0 Å². The van der Waals surface area contributed by atoms with Gasteiger partial charge in [0.05, 0.1) is 0 Å². The van der Waals surface area contributed by atoms with Crippen molar-refractivity contribution in [1.82, 2.24) is 10.2 Å². The SMILES string of the molecule is CCCC1C(=O)NC(CC(C)C)C(=O)N1CC(C)CC. The van der Waals surface area contributed by atoms with E-state index in [0.717, 1.165) is 25.7 Å². The minimum Gasteiger partial charge on any atom is -0.342 e. The zero-order valence-corrected chi connectivity index (χ0v) is 13.6. The molecule has 1 heterocycles. The van der Waals surface area contributed by atoms with E-state index in [4.69, 9.17) is 0 Å². The Morgan fingerprint density at radius 3 is 2.35 bits per heavy atom. The topological polar surface area (TPSA) is 49.4 Å². The third kappa shape index (κ3) is 4.22. The molecule has 4 nitrogen and oxygen atoms in total. The summed E-state index contributed by atoms with van der Waals surface area (Å²) in [5, 5.41) is 2.92. The predicted octanol–water partition coefficient (Wildman–Crippen LogP) is 2.57. The molecule has 0 spiro atoms. The molecule has 1 saturated heterocycles. The van der Waals surface area contributed by atoms with Gasteiger partial charge in [-0.2, -0.15) is 0 Å². The molecule has 1 aliphatic rings. The molecular weight excluding hydrogens is 252 g/mol. The van der Waals surface area contributed by atoms with Crippen LogP contribution in [0.15, 0.2) is 0 Å². The number of carbonyl (C=O) groups excluding carboxylic acids is 2. The van der Waals surface area contributed by atoms with E-state index in [9.17, 15) is 9.59 Å². The zero-order valence-electron chi connectivity index (χ0n) is 13.6. The standard InChI is InChI=1S/C16H30N2O2/c1-6-8-14-15(19)17-13(9-11(3)4)16(20)18(14)10-12(5)7-2/h11-14H,6-10H2,1-5H3,(H,17,19). The van der Waals surface area contributed by atoms with Gasteiger partial charge in [-0.1, -0.05) is 47.5 Å². The Hall–Kier alpha value is -1.06. The zero-order chi connectivity index (χ0) is 15.3. The van der Waals surface area contributed by atoms with Crippen LogP contribution in [0.2, 0.25) is 0 Å². The molecule has 2 amide bonds. The normalized spacial score (nSPS) is 25.0. The van der Waals surface area contributed by atoms with Gasteiger partial charge in [0.1, 0.15) is 12.1 Å². The van der Waals surface area contributed by atoms with Crippen LogP contribution in [0.1, 0.15) is 60.3 Å². The molecule has 3 unspecified atom stereocenters. The molecule has 4 heteroatoms. The van der Waals surface area contributed by atoms with Crippen LogP contribution < -0.4 is 5.32 Å². The highest BCUT2D eigenvalue weighted by molar-refractivity contribution is 5.96. The first kappa shape index (κ1) is 17.0. The molecular formula is C16H30N2O2. The molecule has 20 heavy (non-hydrogen) atoms. The summed E-state index contributed by atoms with van der Waals surface area (Å²) in [4.78, 5) is 26.8. The fourth-order valence-corrected chi connectivity index (χ4v) is 2.70. The number of amides is 2. The molecule has 0 bridgehead atoms. The molecule has 0 aromatic heterocycles. The Balaban J connectivity index is 2.88. The minimum absolute atomic E-state index is 0.0282. The summed E-state index contributed by atoms with van der Waals surface area (Å²) in [7, 11) is 0. The van der Waals surface area contributed by atoms with E-state index in [-0.39, 0.29) is 23.9 Å². The average Bonchev–Trinajstić information content (AvgIpc) is 2.38. The first-order valence-corrected chi connectivity index (χ1v) is 8.01. The van der Waals surface area contributed by atoms with Crippen molar-refractivity contribution >= 4 is 11.8 Å². The Morgan fingerprint density at radius 1 is 1.20 bits per heavy atom. The van der Waals surface area contributed by atoms with Gasteiger partial charge in [-0.05, 0) is 24.7 Å². The average molecular weight is 282 g/mol. The smallest absolute Gasteiger partial charge is 0.245 e. The lowest BCUT2D eigenvalue weighted by Gasteiger charge is -2.40. The molecule has 116 valence electrons. The van der Waals surface area contributed by atoms with Gasteiger partial charge < -0.3 is 10.2 Å². The number of nitrogens with zero attached hydrogens (tertiary/aromatic N) is 1. The molecule has 1 rings (SSSR count). The minimum atomic E-state index is -0.334. The van der Waals surface area contributed by atoms with Gasteiger partial charge in [0, 0.05) is 6.54 Å². The van der Waals surface area contributed by atoms with E-state index in [2.05, 4.69) is 39.9 Å². The van der Waals surface area contributed by atoms with Gasteiger partial charge in [0.15, 0.2) is 0 Å². The van der Waals surface area contributed by atoms with Crippen molar-refractivity contribution in [2.24, 2.45) is 11.8 Å². The second-order valence-electron chi connectivity index (χ2n) is 6.50. The van der Waals surface area contributed by atoms with Crippen molar-refractivity contribution in [3.8, 4) is 0 Å². The number of hydrogen-bond acceptors (Lipinski definition) is 2. The van der Waals surface area contributed by atoms with Crippen molar-refractivity contribution in [3.63, 3.8) is 0 Å². The molecule has 1 fully saturated rings. The van der Waals surface area contributed by atoms with Crippen LogP contribution in [0.3, 0.4) is 0 Å². The number of nitrogens with one attached hydrogen (secondary N) is 1. The number of piperazine rings is 1. The van der Waals surface area contributed by atoms with E-state index in [1.165, 1.54) is 0 Å². The fraction of sp³-hybridized carbons (Fsp3) is 0.875. The molecule has 3 atom stereocenters. The summed E-state index contributed by atoms with van der Waals surface area (Å²) >= 11 is 0. The van der Waals surface area contributed by atoms with E-state index in [1.807, 2.05) is 4.90 Å². The van der Waals surface area contributed by atoms with Crippen molar-refractivity contribution in [3.05, 3.63) is 0 Å². The molecule has 1 N–H and O–H groups in total. The monoisotopic (exact) mass is 282 g/mol. The third-order valence-electron chi connectivity index (χ3n) is 4.05. The van der Waals surface area contributed by atoms with E-state index < -0.39 is 0 Å². The van der Waals surface area contributed by atoms with Crippen molar-refractivity contribution in [2.75, 3.05) is 6.54 Å². The van der Waals surface area contributed by atoms with Gasteiger partial charge in [0.2, 0.25) is 11.8 Å². The van der Waals surface area contributed by atoms with Crippen LogP contribution in [0.25, 0.3) is 0 Å². The van der Waals surface area contributed by atoms with Gasteiger partial charge >= 0.3 is 0 Å². The van der Waals surface area contributed by atoms with Crippen LogP contribution in [-0.2, 0) is 9.59 Å². The Bertz CT molecular complexity index is 341. The van der Waals surface area contributed by atoms with Crippen LogP contribution in [0.4, 0.5) is 0 Å². The van der Waals surface area contributed by atoms with Crippen molar-refractivity contribution in [1.29, 1.82) is 0 Å². The van der Waals surface area contributed by atoms with Gasteiger partial charge in [-0.15, -0.1) is 0 Å². The number of rotatable bonds is 7. The second kappa shape index (κ2) is 7.65. The fourth-order valence-electron chi connectivity index (χ4n) is 2.70. The van der Waals surface area contributed by atoms with Crippen molar-refractivity contribution < 1.29 is 9.59 Å². The van der Waals surface area contributed by atoms with Gasteiger partial charge in [-0.25, -0.2) is 0 Å². The largest absolute Gasteiger partial charge is 0.342 e. The first-order valence-electron chi connectivity index (χ1n) is 8.01. The summed E-state index contributed by atoms with van der Waals surface area (Å²) in [5.41, 5.74) is 0. The lowest BCUT2D eigenvalue weighted by Crippen LogP contribution is -2.64. The summed E-state index contributed by atoms with van der Waals surface area (Å²) in [6, 6.07) is -0.607. The molecule has 0 aromatic carbocycles. The molecule has 0 saturated carbocycles. The quantitative estimate of drug-likeness (QED) is 0.780. The van der Waals surface area contributed by atoms with Crippen LogP contribution in [0.5, 0.6) is 0 Å². The summed E-state index contributed by atoms with van der Waals surface area (Å²) in [6.45, 7) is 11.2. The summed E-state index contributed by atoms with van der Waals surface area (Å²) in [6.07, 6.45) is 3.42. The molecule has 0 aromatic rings. The van der Waals surface area contributed by atoms with E-state index in [0.29, 0.717) is 18.4 Å². The number of carbonyl (C=O) groups is 2. The maximum atomic E-state index is 12.7.